The number of rotatable bonds is 0. The molecule has 4 heteroatoms. The molecule has 2 aliphatic rings. The second kappa shape index (κ2) is 3.36. The number of benzene rings is 2. The molecule has 0 saturated heterocycles. The number of hydrogen-bond donors (Lipinski definition) is 0. The quantitative estimate of drug-likeness (QED) is 0.417. The van der Waals surface area contributed by atoms with Gasteiger partial charge in [-0.2, -0.15) is 0 Å². The highest BCUT2D eigenvalue weighted by Crippen LogP contribution is 2.46. The van der Waals surface area contributed by atoms with Gasteiger partial charge in [0, 0.05) is 21.9 Å². The molecule has 0 bridgehead atoms. The topological polar surface area (TPSA) is 52.6 Å². The van der Waals surface area contributed by atoms with E-state index in [0.29, 0.717) is 33.8 Å². The average molecular weight is 264 g/mol. The number of hydrogen-bond acceptors (Lipinski definition) is 4. The van der Waals surface area contributed by atoms with Crippen molar-refractivity contribution in [2.75, 3.05) is 0 Å². The molecule has 2 aromatic carbocycles. The fourth-order valence-electron chi connectivity index (χ4n) is 2.57. The van der Waals surface area contributed by atoms with Crippen molar-refractivity contribution in [2.24, 2.45) is 0 Å². The molecule has 2 aliphatic heterocycles. The summed E-state index contributed by atoms with van der Waals surface area (Å²) in [5.74, 6) is 0.0338. The van der Waals surface area contributed by atoms with Crippen LogP contribution >= 0.6 is 0 Å². The van der Waals surface area contributed by atoms with Gasteiger partial charge in [-0.3, -0.25) is 0 Å². The van der Waals surface area contributed by atoms with Gasteiger partial charge in [-0.05, 0) is 24.3 Å². The molecule has 0 amide bonds. The maximum atomic E-state index is 11.6. The summed E-state index contributed by atoms with van der Waals surface area (Å²) in [4.78, 5) is 23.2. The lowest BCUT2D eigenvalue weighted by Crippen LogP contribution is -1.99. The molecule has 0 aromatic heterocycles. The molecular weight excluding hydrogens is 256 g/mol. The summed E-state index contributed by atoms with van der Waals surface area (Å²) in [6, 6.07) is 7.10. The molecule has 2 aromatic rings. The fourth-order valence-corrected chi connectivity index (χ4v) is 2.57. The third-order valence-corrected chi connectivity index (χ3v) is 3.63. The van der Waals surface area contributed by atoms with Crippen molar-refractivity contribution in [1.29, 1.82) is 0 Å². The number of carbonyl (C=O) groups excluding carboxylic acids is 2. The molecule has 0 saturated carbocycles. The van der Waals surface area contributed by atoms with Gasteiger partial charge in [0.25, 0.3) is 0 Å². The summed E-state index contributed by atoms with van der Waals surface area (Å²) in [6.07, 6.45) is 0. The highest BCUT2D eigenvalue weighted by atomic mass is 16.5. The zero-order valence-electron chi connectivity index (χ0n) is 10.4. The summed E-state index contributed by atoms with van der Waals surface area (Å²) < 4.78 is 10.5. The van der Waals surface area contributed by atoms with Crippen LogP contribution in [0.4, 0.5) is 0 Å². The van der Waals surface area contributed by atoms with Gasteiger partial charge in [0.15, 0.2) is 0 Å². The minimum atomic E-state index is -0.450. The Balaban J connectivity index is 2.08. The Morgan fingerprint density at radius 3 is 1.50 bits per heavy atom. The van der Waals surface area contributed by atoms with Crippen molar-refractivity contribution in [1.82, 2.24) is 0 Å². The Bertz CT molecular complexity index is 800. The van der Waals surface area contributed by atoms with E-state index >= 15 is 0 Å². The van der Waals surface area contributed by atoms with Crippen LogP contribution < -0.4 is 9.47 Å². The Kier molecular flexibility index (Phi) is 1.85. The normalized spacial score (nSPS) is 16.2. The molecule has 0 radical (unpaired) electrons. The van der Waals surface area contributed by atoms with Crippen LogP contribution in [0.3, 0.4) is 0 Å². The maximum Gasteiger partial charge on any atom is 0.343 e. The third-order valence-electron chi connectivity index (χ3n) is 3.63. The number of ether oxygens (including phenoxy) is 2. The second-order valence-electron chi connectivity index (χ2n) is 4.72. The zero-order valence-corrected chi connectivity index (χ0v) is 10.4. The lowest BCUT2D eigenvalue weighted by atomic mass is 9.98. The smallest absolute Gasteiger partial charge is 0.343 e. The Hall–Kier alpha value is -2.88. The van der Waals surface area contributed by atoms with Gasteiger partial charge in [0.1, 0.15) is 11.5 Å². The largest absolute Gasteiger partial charge is 0.422 e. The molecule has 0 atom stereocenters. The van der Waals surface area contributed by atoms with E-state index in [2.05, 4.69) is 13.2 Å². The lowest BCUT2D eigenvalue weighted by Gasteiger charge is -2.06. The van der Waals surface area contributed by atoms with E-state index in [-0.39, 0.29) is 0 Å². The van der Waals surface area contributed by atoms with Gasteiger partial charge >= 0.3 is 11.9 Å². The van der Waals surface area contributed by atoms with E-state index in [0.717, 1.165) is 10.8 Å². The van der Waals surface area contributed by atoms with Crippen molar-refractivity contribution >= 4 is 33.9 Å². The SMILES string of the molecule is C=C1C(=O)Oc2c1ccc1c3c(ccc21)C(=C)C(=O)O3. The Morgan fingerprint density at radius 1 is 0.700 bits per heavy atom. The third kappa shape index (κ3) is 1.15. The minimum Gasteiger partial charge on any atom is -0.422 e. The lowest BCUT2D eigenvalue weighted by molar-refractivity contribution is -0.127. The monoisotopic (exact) mass is 264 g/mol. The molecule has 20 heavy (non-hydrogen) atoms. The van der Waals surface area contributed by atoms with Gasteiger partial charge < -0.3 is 9.47 Å². The van der Waals surface area contributed by atoms with Crippen LogP contribution in [-0.4, -0.2) is 11.9 Å². The van der Waals surface area contributed by atoms with Crippen LogP contribution in [0.2, 0.25) is 0 Å². The summed E-state index contributed by atoms with van der Waals surface area (Å²) in [5, 5.41) is 1.44. The predicted molar refractivity (Wildman–Crippen MR) is 73.3 cm³/mol. The molecule has 4 rings (SSSR count). The first-order valence-electron chi connectivity index (χ1n) is 6.00. The average Bonchev–Trinajstić information content (AvgIpc) is 2.89. The van der Waals surface area contributed by atoms with Gasteiger partial charge in [-0.15, -0.1) is 0 Å². The highest BCUT2D eigenvalue weighted by molar-refractivity contribution is 6.25. The zero-order chi connectivity index (χ0) is 14.0. The van der Waals surface area contributed by atoms with Crippen molar-refractivity contribution < 1.29 is 19.1 Å². The minimum absolute atomic E-state index is 0.337. The maximum absolute atomic E-state index is 11.6. The number of fused-ring (bicyclic) bond motifs is 5. The molecule has 0 N–H and O–H groups in total. The Labute approximate surface area is 113 Å². The van der Waals surface area contributed by atoms with E-state index in [1.54, 1.807) is 24.3 Å². The van der Waals surface area contributed by atoms with Crippen LogP contribution in [-0.2, 0) is 9.59 Å². The number of esters is 2. The first-order chi connectivity index (χ1) is 9.58. The van der Waals surface area contributed by atoms with Crippen molar-refractivity contribution in [3.63, 3.8) is 0 Å². The summed E-state index contributed by atoms with van der Waals surface area (Å²) >= 11 is 0. The molecule has 0 fully saturated rings. The second-order valence-corrected chi connectivity index (χ2v) is 4.72. The molecule has 4 nitrogen and oxygen atoms in total. The van der Waals surface area contributed by atoms with Gasteiger partial charge in [-0.1, -0.05) is 13.2 Å². The van der Waals surface area contributed by atoms with Crippen molar-refractivity contribution in [2.45, 2.75) is 0 Å². The predicted octanol–water partition coefficient (Wildman–Crippen LogP) is 2.70. The van der Waals surface area contributed by atoms with Crippen LogP contribution in [0.15, 0.2) is 37.4 Å². The van der Waals surface area contributed by atoms with Gasteiger partial charge in [-0.25, -0.2) is 9.59 Å². The Morgan fingerprint density at radius 2 is 1.10 bits per heavy atom. The first-order valence-corrected chi connectivity index (χ1v) is 6.00. The highest BCUT2D eigenvalue weighted by Gasteiger charge is 2.31. The van der Waals surface area contributed by atoms with Gasteiger partial charge in [0.2, 0.25) is 0 Å². The molecule has 0 unspecified atom stereocenters. The first kappa shape index (κ1) is 11.0. The van der Waals surface area contributed by atoms with E-state index in [1.807, 2.05) is 0 Å². The van der Waals surface area contributed by atoms with Crippen LogP contribution in [0.5, 0.6) is 11.5 Å². The van der Waals surface area contributed by atoms with Crippen LogP contribution in [0, 0.1) is 0 Å². The van der Waals surface area contributed by atoms with Crippen molar-refractivity contribution in [3.05, 3.63) is 48.6 Å². The van der Waals surface area contributed by atoms with E-state index in [9.17, 15) is 9.59 Å². The summed E-state index contributed by atoms with van der Waals surface area (Å²) in [7, 11) is 0. The van der Waals surface area contributed by atoms with Crippen molar-refractivity contribution in [3.8, 4) is 11.5 Å². The standard InChI is InChI=1S/C16H8O4/c1-7-9-3-5-12-11(13(9)19-15(7)17)6-4-10-8(2)16(18)20-14(10)12/h3-6H,1-2H2. The molecular formula is C16H8O4. The molecule has 0 spiro atoms. The molecule has 96 valence electrons. The summed E-state index contributed by atoms with van der Waals surface area (Å²) in [5.41, 5.74) is 2.02. The number of carbonyl (C=O) groups is 2. The van der Waals surface area contributed by atoms with E-state index < -0.39 is 11.9 Å². The van der Waals surface area contributed by atoms with E-state index in [1.165, 1.54) is 0 Å². The molecule has 2 heterocycles. The summed E-state index contributed by atoms with van der Waals surface area (Å²) in [6.45, 7) is 7.41. The van der Waals surface area contributed by atoms with Crippen LogP contribution in [0.1, 0.15) is 11.1 Å². The molecule has 0 aliphatic carbocycles. The van der Waals surface area contributed by atoms with E-state index in [4.69, 9.17) is 9.47 Å². The van der Waals surface area contributed by atoms with Crippen LogP contribution in [0.25, 0.3) is 21.9 Å². The van der Waals surface area contributed by atoms with Gasteiger partial charge in [0.05, 0.1) is 11.1 Å². The fraction of sp³-hybridized carbons (Fsp3) is 0.